The zero-order chi connectivity index (χ0) is 13.9. The minimum atomic E-state index is 0.0647. The first-order chi connectivity index (χ1) is 9.22. The summed E-state index contributed by atoms with van der Waals surface area (Å²) in [4.78, 5) is 13.7. The highest BCUT2D eigenvalue weighted by Crippen LogP contribution is 2.01. The fourth-order valence-corrected chi connectivity index (χ4v) is 1.80. The number of hydrogen-bond donors (Lipinski definition) is 1. The molecule has 0 saturated carbocycles. The summed E-state index contributed by atoms with van der Waals surface area (Å²) in [6.07, 6.45) is 0.863. The van der Waals surface area contributed by atoms with Crippen LogP contribution >= 0.6 is 0 Å². The van der Waals surface area contributed by atoms with Crippen molar-refractivity contribution in [1.29, 1.82) is 0 Å². The van der Waals surface area contributed by atoms with Crippen LogP contribution in [0.3, 0.4) is 0 Å². The second kappa shape index (κ2) is 9.53. The van der Waals surface area contributed by atoms with Gasteiger partial charge in [-0.25, -0.2) is 0 Å². The molecule has 0 radical (unpaired) electrons. The predicted octanol–water partition coefficient (Wildman–Crippen LogP) is 1.66. The number of carbonyl (C=O) groups excluding carboxylic acids is 1. The molecule has 4 nitrogen and oxygen atoms in total. The van der Waals surface area contributed by atoms with Crippen LogP contribution in [0.15, 0.2) is 30.3 Å². The molecule has 1 rings (SSSR count). The molecule has 0 atom stereocenters. The first-order valence-electron chi connectivity index (χ1n) is 6.79. The topological polar surface area (TPSA) is 41.6 Å². The molecule has 0 aliphatic rings. The standard InChI is InChI=1S/C15H24N2O2/c1-3-19-11-7-10-16-15(18)13-17(2)12-14-8-5-4-6-9-14/h4-6,8-9H,3,7,10-13H2,1-2H3,(H,16,18). The third-order valence-corrected chi connectivity index (χ3v) is 2.70. The van der Waals surface area contributed by atoms with Crippen LogP contribution in [-0.2, 0) is 16.1 Å². The Labute approximate surface area is 115 Å². The van der Waals surface area contributed by atoms with Gasteiger partial charge < -0.3 is 10.1 Å². The van der Waals surface area contributed by atoms with Crippen LogP contribution < -0.4 is 5.32 Å². The zero-order valence-electron chi connectivity index (χ0n) is 11.9. The Morgan fingerprint density at radius 3 is 2.74 bits per heavy atom. The Kier molecular flexibility index (Phi) is 7.86. The van der Waals surface area contributed by atoms with Crippen molar-refractivity contribution in [2.45, 2.75) is 19.9 Å². The maximum absolute atomic E-state index is 11.7. The van der Waals surface area contributed by atoms with Gasteiger partial charge in [-0.05, 0) is 26.0 Å². The van der Waals surface area contributed by atoms with Gasteiger partial charge in [0.05, 0.1) is 6.54 Å². The monoisotopic (exact) mass is 264 g/mol. The zero-order valence-corrected chi connectivity index (χ0v) is 11.9. The van der Waals surface area contributed by atoms with Crippen molar-refractivity contribution in [2.75, 3.05) is 33.4 Å². The van der Waals surface area contributed by atoms with Gasteiger partial charge >= 0.3 is 0 Å². The average molecular weight is 264 g/mol. The summed E-state index contributed by atoms with van der Waals surface area (Å²) in [6.45, 7) is 5.29. The van der Waals surface area contributed by atoms with Crippen molar-refractivity contribution >= 4 is 5.91 Å². The molecule has 1 amide bonds. The van der Waals surface area contributed by atoms with E-state index < -0.39 is 0 Å². The van der Waals surface area contributed by atoms with Crippen molar-refractivity contribution in [3.05, 3.63) is 35.9 Å². The molecule has 4 heteroatoms. The van der Waals surface area contributed by atoms with Crippen molar-refractivity contribution in [3.63, 3.8) is 0 Å². The Morgan fingerprint density at radius 2 is 2.05 bits per heavy atom. The summed E-state index contributed by atoms with van der Waals surface area (Å²) in [5.74, 6) is 0.0647. The van der Waals surface area contributed by atoms with Gasteiger partial charge in [-0.1, -0.05) is 30.3 Å². The van der Waals surface area contributed by atoms with Crippen LogP contribution in [-0.4, -0.2) is 44.2 Å². The Morgan fingerprint density at radius 1 is 1.32 bits per heavy atom. The number of likely N-dealkylation sites (N-methyl/N-ethyl adjacent to an activating group) is 1. The molecular formula is C15H24N2O2. The number of nitrogens with zero attached hydrogens (tertiary/aromatic N) is 1. The van der Waals surface area contributed by atoms with Crippen molar-refractivity contribution in [3.8, 4) is 0 Å². The lowest BCUT2D eigenvalue weighted by molar-refractivity contribution is -0.122. The molecular weight excluding hydrogens is 240 g/mol. The Balaban J connectivity index is 2.14. The van der Waals surface area contributed by atoms with E-state index in [1.54, 1.807) is 0 Å². The molecule has 0 aromatic heterocycles. The molecule has 0 bridgehead atoms. The highest BCUT2D eigenvalue weighted by Gasteiger charge is 2.06. The third kappa shape index (κ3) is 7.59. The lowest BCUT2D eigenvalue weighted by Gasteiger charge is -2.16. The molecule has 19 heavy (non-hydrogen) atoms. The number of rotatable bonds is 9. The van der Waals surface area contributed by atoms with E-state index in [0.717, 1.165) is 19.6 Å². The normalized spacial score (nSPS) is 10.7. The van der Waals surface area contributed by atoms with Crippen molar-refractivity contribution < 1.29 is 9.53 Å². The smallest absolute Gasteiger partial charge is 0.234 e. The van der Waals surface area contributed by atoms with Crippen molar-refractivity contribution in [2.24, 2.45) is 0 Å². The number of ether oxygens (including phenoxy) is 1. The van der Waals surface area contributed by atoms with Gasteiger partial charge in [0.25, 0.3) is 0 Å². The summed E-state index contributed by atoms with van der Waals surface area (Å²) in [5, 5.41) is 2.90. The largest absolute Gasteiger partial charge is 0.382 e. The van der Waals surface area contributed by atoms with E-state index in [2.05, 4.69) is 17.4 Å². The van der Waals surface area contributed by atoms with E-state index in [4.69, 9.17) is 4.74 Å². The molecule has 1 aromatic carbocycles. The molecule has 106 valence electrons. The summed E-state index contributed by atoms with van der Waals surface area (Å²) in [7, 11) is 1.95. The lowest BCUT2D eigenvalue weighted by Crippen LogP contribution is -2.35. The summed E-state index contributed by atoms with van der Waals surface area (Å²) in [6, 6.07) is 10.1. The first kappa shape index (κ1) is 15.7. The predicted molar refractivity (Wildman–Crippen MR) is 76.9 cm³/mol. The van der Waals surface area contributed by atoms with Crippen LogP contribution in [0.5, 0.6) is 0 Å². The van der Waals surface area contributed by atoms with Gasteiger partial charge in [0.2, 0.25) is 5.91 Å². The SMILES string of the molecule is CCOCCCNC(=O)CN(C)Cc1ccccc1. The number of amides is 1. The lowest BCUT2D eigenvalue weighted by atomic mass is 10.2. The Bertz CT molecular complexity index is 354. The van der Waals surface area contributed by atoms with E-state index in [1.165, 1.54) is 5.56 Å². The van der Waals surface area contributed by atoms with E-state index in [0.29, 0.717) is 19.7 Å². The van der Waals surface area contributed by atoms with Gasteiger partial charge in [0.1, 0.15) is 0 Å². The van der Waals surface area contributed by atoms with Crippen LogP contribution in [0.25, 0.3) is 0 Å². The molecule has 0 unspecified atom stereocenters. The fourth-order valence-electron chi connectivity index (χ4n) is 1.80. The van der Waals surface area contributed by atoms with E-state index in [9.17, 15) is 4.79 Å². The summed E-state index contributed by atoms with van der Waals surface area (Å²) >= 11 is 0. The molecule has 0 heterocycles. The van der Waals surface area contributed by atoms with E-state index >= 15 is 0 Å². The summed E-state index contributed by atoms with van der Waals surface area (Å²) in [5.41, 5.74) is 1.22. The summed E-state index contributed by atoms with van der Waals surface area (Å²) < 4.78 is 5.21. The second-order valence-electron chi connectivity index (χ2n) is 4.56. The molecule has 0 aliphatic heterocycles. The number of hydrogen-bond acceptors (Lipinski definition) is 3. The molecule has 1 aromatic rings. The maximum atomic E-state index is 11.7. The van der Waals surface area contributed by atoms with E-state index in [1.807, 2.05) is 37.1 Å². The highest BCUT2D eigenvalue weighted by atomic mass is 16.5. The second-order valence-corrected chi connectivity index (χ2v) is 4.56. The van der Waals surface area contributed by atoms with Crippen molar-refractivity contribution in [1.82, 2.24) is 10.2 Å². The maximum Gasteiger partial charge on any atom is 0.234 e. The minimum absolute atomic E-state index is 0.0647. The molecule has 0 fully saturated rings. The number of benzene rings is 1. The molecule has 0 saturated heterocycles. The van der Waals surface area contributed by atoms with E-state index in [-0.39, 0.29) is 5.91 Å². The van der Waals surface area contributed by atoms with Crippen LogP contribution in [0.4, 0.5) is 0 Å². The van der Waals surface area contributed by atoms with Crippen LogP contribution in [0, 0.1) is 0 Å². The van der Waals surface area contributed by atoms with Gasteiger partial charge in [0.15, 0.2) is 0 Å². The highest BCUT2D eigenvalue weighted by molar-refractivity contribution is 5.77. The van der Waals surface area contributed by atoms with Gasteiger partial charge in [0, 0.05) is 26.3 Å². The fraction of sp³-hybridized carbons (Fsp3) is 0.533. The molecule has 1 N–H and O–H groups in total. The number of nitrogens with one attached hydrogen (secondary N) is 1. The molecule has 0 aliphatic carbocycles. The third-order valence-electron chi connectivity index (χ3n) is 2.70. The van der Waals surface area contributed by atoms with Crippen LogP contribution in [0.1, 0.15) is 18.9 Å². The number of carbonyl (C=O) groups is 1. The average Bonchev–Trinajstić information content (AvgIpc) is 2.39. The quantitative estimate of drug-likeness (QED) is 0.690. The molecule has 0 spiro atoms. The first-order valence-corrected chi connectivity index (χ1v) is 6.79. The van der Waals surface area contributed by atoms with Gasteiger partial charge in [-0.2, -0.15) is 0 Å². The Hall–Kier alpha value is -1.39. The minimum Gasteiger partial charge on any atom is -0.382 e. The van der Waals surface area contributed by atoms with Crippen LogP contribution in [0.2, 0.25) is 0 Å². The van der Waals surface area contributed by atoms with Gasteiger partial charge in [-0.3, -0.25) is 9.69 Å². The van der Waals surface area contributed by atoms with Gasteiger partial charge in [-0.15, -0.1) is 0 Å².